The van der Waals surface area contributed by atoms with E-state index >= 15 is 0 Å². The molecule has 0 spiro atoms. The number of hydrogen-bond donors (Lipinski definition) is 1. The second-order valence-corrected chi connectivity index (χ2v) is 6.09. The molecule has 2 rings (SSSR count). The van der Waals surface area contributed by atoms with Gasteiger partial charge in [-0.25, -0.2) is 9.48 Å². The lowest BCUT2D eigenvalue weighted by atomic mass is 10.2. The van der Waals surface area contributed by atoms with E-state index in [9.17, 15) is 4.79 Å². The van der Waals surface area contributed by atoms with E-state index in [0.717, 1.165) is 17.0 Å². The van der Waals surface area contributed by atoms with Crippen molar-refractivity contribution in [3.8, 4) is 5.75 Å². The Morgan fingerprint density at radius 1 is 1.26 bits per heavy atom. The number of aromatic nitrogens is 3. The lowest BCUT2D eigenvalue weighted by molar-refractivity contribution is 0.0522. The lowest BCUT2D eigenvalue weighted by Crippen LogP contribution is -2.32. The average molecular weight is 318 g/mol. The van der Waals surface area contributed by atoms with Crippen molar-refractivity contribution in [3.05, 3.63) is 41.7 Å². The number of amides is 1. The number of benzene rings is 1. The molecule has 1 heterocycles. The number of alkyl carbamates (subject to hydrolysis) is 1. The number of carbonyl (C=O) groups excluding carboxylic acids is 1. The van der Waals surface area contributed by atoms with Crippen LogP contribution in [0, 0.1) is 0 Å². The minimum Gasteiger partial charge on any atom is -0.497 e. The maximum absolute atomic E-state index is 11.7. The number of ether oxygens (including phenoxy) is 2. The maximum atomic E-state index is 11.7. The molecule has 0 unspecified atom stereocenters. The van der Waals surface area contributed by atoms with Crippen molar-refractivity contribution in [2.24, 2.45) is 0 Å². The van der Waals surface area contributed by atoms with E-state index in [4.69, 9.17) is 9.47 Å². The molecule has 0 aliphatic carbocycles. The molecule has 1 N–H and O–H groups in total. The van der Waals surface area contributed by atoms with E-state index in [-0.39, 0.29) is 0 Å². The van der Waals surface area contributed by atoms with E-state index in [1.807, 2.05) is 45.0 Å². The molecular weight excluding hydrogens is 296 g/mol. The zero-order valence-corrected chi connectivity index (χ0v) is 13.9. The van der Waals surface area contributed by atoms with E-state index in [1.165, 1.54) is 0 Å². The third-order valence-corrected chi connectivity index (χ3v) is 3.00. The van der Waals surface area contributed by atoms with Crippen molar-refractivity contribution in [2.75, 3.05) is 7.11 Å². The summed E-state index contributed by atoms with van der Waals surface area (Å²) in [6, 6.07) is 7.72. The summed E-state index contributed by atoms with van der Waals surface area (Å²) in [7, 11) is 1.63. The first-order chi connectivity index (χ1) is 10.9. The molecule has 0 saturated heterocycles. The van der Waals surface area contributed by atoms with E-state index in [1.54, 1.807) is 18.0 Å². The number of hydrogen-bond acceptors (Lipinski definition) is 5. The molecule has 0 atom stereocenters. The summed E-state index contributed by atoms with van der Waals surface area (Å²) in [5.41, 5.74) is 1.34. The Morgan fingerprint density at radius 3 is 2.57 bits per heavy atom. The average Bonchev–Trinajstić information content (AvgIpc) is 2.91. The van der Waals surface area contributed by atoms with Crippen LogP contribution in [0.1, 0.15) is 32.0 Å². The van der Waals surface area contributed by atoms with E-state index in [2.05, 4.69) is 15.6 Å². The van der Waals surface area contributed by atoms with Crippen LogP contribution >= 0.6 is 0 Å². The molecule has 0 fully saturated rings. The van der Waals surface area contributed by atoms with Gasteiger partial charge in [-0.05, 0) is 38.5 Å². The summed E-state index contributed by atoms with van der Waals surface area (Å²) >= 11 is 0. The normalized spacial score (nSPS) is 11.1. The van der Waals surface area contributed by atoms with Gasteiger partial charge in [-0.15, -0.1) is 5.10 Å². The Kier molecular flexibility index (Phi) is 5.20. The number of nitrogens with one attached hydrogen (secondary N) is 1. The zero-order valence-electron chi connectivity index (χ0n) is 13.9. The molecule has 124 valence electrons. The summed E-state index contributed by atoms with van der Waals surface area (Å²) in [5, 5.41) is 10.7. The van der Waals surface area contributed by atoms with Crippen LogP contribution in [0.2, 0.25) is 0 Å². The van der Waals surface area contributed by atoms with Crippen molar-refractivity contribution in [1.82, 2.24) is 20.3 Å². The first kappa shape index (κ1) is 16.8. The highest BCUT2D eigenvalue weighted by molar-refractivity contribution is 5.67. The molecule has 0 aliphatic heterocycles. The molecular formula is C16H22N4O3. The Labute approximate surface area is 135 Å². The molecule has 0 saturated carbocycles. The van der Waals surface area contributed by atoms with Gasteiger partial charge in [-0.1, -0.05) is 17.3 Å². The molecule has 1 aromatic heterocycles. The van der Waals surface area contributed by atoms with Crippen molar-refractivity contribution in [2.45, 2.75) is 39.5 Å². The lowest BCUT2D eigenvalue weighted by Gasteiger charge is -2.19. The first-order valence-corrected chi connectivity index (χ1v) is 7.34. The van der Waals surface area contributed by atoms with Gasteiger partial charge in [-0.2, -0.15) is 0 Å². The number of rotatable bonds is 5. The summed E-state index contributed by atoms with van der Waals surface area (Å²) in [5.74, 6) is 0.805. The van der Waals surface area contributed by atoms with Gasteiger partial charge in [0.25, 0.3) is 0 Å². The summed E-state index contributed by atoms with van der Waals surface area (Å²) in [4.78, 5) is 11.7. The van der Waals surface area contributed by atoms with Crippen LogP contribution in [0.3, 0.4) is 0 Å². The van der Waals surface area contributed by atoms with Crippen LogP contribution < -0.4 is 10.1 Å². The Bertz CT molecular complexity index is 644. The smallest absolute Gasteiger partial charge is 0.407 e. The fraction of sp³-hybridized carbons (Fsp3) is 0.438. The van der Waals surface area contributed by atoms with Gasteiger partial charge in [0.1, 0.15) is 11.4 Å². The van der Waals surface area contributed by atoms with Gasteiger partial charge < -0.3 is 14.8 Å². The standard InChI is InChI=1S/C16H22N4O3/c1-16(2,3)23-15(21)17-9-13-10-18-19-20(13)11-12-5-7-14(22-4)8-6-12/h5-8,10H,9,11H2,1-4H3,(H,17,21). The highest BCUT2D eigenvalue weighted by Crippen LogP contribution is 2.13. The second kappa shape index (κ2) is 7.13. The number of carbonyl (C=O) groups is 1. The van der Waals surface area contributed by atoms with Crippen LogP contribution in [-0.2, 0) is 17.8 Å². The quantitative estimate of drug-likeness (QED) is 0.915. The van der Waals surface area contributed by atoms with Crippen LogP contribution in [0.25, 0.3) is 0 Å². The highest BCUT2D eigenvalue weighted by Gasteiger charge is 2.16. The minimum absolute atomic E-state index is 0.304. The van der Waals surface area contributed by atoms with Gasteiger partial charge in [0.05, 0.1) is 32.1 Å². The fourth-order valence-corrected chi connectivity index (χ4v) is 1.93. The summed E-state index contributed by atoms with van der Waals surface area (Å²) in [6.45, 7) is 6.33. The summed E-state index contributed by atoms with van der Waals surface area (Å²) in [6.07, 6.45) is 1.16. The van der Waals surface area contributed by atoms with Gasteiger partial charge in [0.15, 0.2) is 0 Å². The van der Waals surface area contributed by atoms with Gasteiger partial charge in [0, 0.05) is 0 Å². The SMILES string of the molecule is COc1ccc(Cn2nncc2CNC(=O)OC(C)(C)C)cc1. The topological polar surface area (TPSA) is 78.3 Å². The van der Waals surface area contributed by atoms with Crippen LogP contribution in [0.15, 0.2) is 30.5 Å². The largest absolute Gasteiger partial charge is 0.497 e. The van der Waals surface area contributed by atoms with E-state index in [0.29, 0.717) is 13.1 Å². The first-order valence-electron chi connectivity index (χ1n) is 7.34. The van der Waals surface area contributed by atoms with E-state index < -0.39 is 11.7 Å². The predicted octanol–water partition coefficient (Wildman–Crippen LogP) is 2.36. The van der Waals surface area contributed by atoms with Crippen molar-refractivity contribution in [3.63, 3.8) is 0 Å². The van der Waals surface area contributed by atoms with Crippen molar-refractivity contribution in [1.29, 1.82) is 0 Å². The molecule has 1 amide bonds. The molecule has 2 aromatic rings. The fourth-order valence-electron chi connectivity index (χ4n) is 1.93. The Hall–Kier alpha value is -2.57. The van der Waals surface area contributed by atoms with Crippen LogP contribution in [0.5, 0.6) is 5.75 Å². The third-order valence-electron chi connectivity index (χ3n) is 3.00. The summed E-state index contributed by atoms with van der Waals surface area (Å²) < 4.78 is 12.1. The third kappa shape index (κ3) is 5.28. The molecule has 0 aliphatic rings. The molecule has 1 aromatic carbocycles. The maximum Gasteiger partial charge on any atom is 0.407 e. The predicted molar refractivity (Wildman–Crippen MR) is 85.2 cm³/mol. The number of methoxy groups -OCH3 is 1. The van der Waals surface area contributed by atoms with Gasteiger partial charge >= 0.3 is 6.09 Å². The highest BCUT2D eigenvalue weighted by atomic mass is 16.6. The number of nitrogens with zero attached hydrogens (tertiary/aromatic N) is 3. The molecule has 7 nitrogen and oxygen atoms in total. The molecule has 0 bridgehead atoms. The van der Waals surface area contributed by atoms with Crippen LogP contribution in [0.4, 0.5) is 4.79 Å². The molecule has 23 heavy (non-hydrogen) atoms. The zero-order chi connectivity index (χ0) is 16.9. The van der Waals surface area contributed by atoms with Crippen molar-refractivity contribution >= 4 is 6.09 Å². The van der Waals surface area contributed by atoms with Crippen LogP contribution in [-0.4, -0.2) is 33.8 Å². The Balaban J connectivity index is 1.95. The molecule has 7 heteroatoms. The molecule has 0 radical (unpaired) electrons. The van der Waals surface area contributed by atoms with Gasteiger partial charge in [0.2, 0.25) is 0 Å². The monoisotopic (exact) mass is 318 g/mol. The van der Waals surface area contributed by atoms with Crippen molar-refractivity contribution < 1.29 is 14.3 Å². The second-order valence-electron chi connectivity index (χ2n) is 6.09. The minimum atomic E-state index is -0.522. The Morgan fingerprint density at radius 2 is 1.96 bits per heavy atom. The van der Waals surface area contributed by atoms with Gasteiger partial charge in [-0.3, -0.25) is 0 Å².